The zero-order valence-corrected chi connectivity index (χ0v) is 9.25. The number of halogens is 1. The molecule has 0 amide bonds. The van der Waals surface area contributed by atoms with Gasteiger partial charge in [-0.3, -0.25) is 4.68 Å². The lowest BCUT2D eigenvalue weighted by Gasteiger charge is -2.12. The second kappa shape index (κ2) is 3.75. The van der Waals surface area contributed by atoms with Gasteiger partial charge in [-0.15, -0.1) is 0 Å². The zero-order chi connectivity index (χ0) is 11.0. The summed E-state index contributed by atoms with van der Waals surface area (Å²) in [6, 6.07) is 0. The molecule has 1 atom stereocenters. The van der Waals surface area contributed by atoms with E-state index in [1.807, 2.05) is 6.92 Å². The first-order valence-electron chi connectivity index (χ1n) is 4.54. The summed E-state index contributed by atoms with van der Waals surface area (Å²) in [4.78, 5) is 0. The van der Waals surface area contributed by atoms with Gasteiger partial charge in [-0.25, -0.2) is 0 Å². The molecule has 0 radical (unpaired) electrons. The van der Waals surface area contributed by atoms with E-state index in [1.165, 1.54) is 6.26 Å². The fraction of sp³-hybridized carbons (Fsp3) is 0.444. The van der Waals surface area contributed by atoms with Crippen LogP contribution in [0.15, 0.2) is 12.0 Å². The molecule has 0 saturated heterocycles. The monoisotopic (exact) mass is 229 g/mol. The minimum Gasteiger partial charge on any atom is -0.470 e. The Labute approximate surface area is 92.3 Å². The average molecular weight is 230 g/mol. The SMILES string of the molecule is Cc1nn(C)c(C2NC(CO)=CO2)c1Cl. The lowest BCUT2D eigenvalue weighted by Crippen LogP contribution is -2.20. The molecule has 1 aliphatic rings. The van der Waals surface area contributed by atoms with Crippen molar-refractivity contribution in [2.75, 3.05) is 6.61 Å². The van der Waals surface area contributed by atoms with Gasteiger partial charge in [0.25, 0.3) is 0 Å². The fourth-order valence-electron chi connectivity index (χ4n) is 1.54. The van der Waals surface area contributed by atoms with Crippen LogP contribution in [0.2, 0.25) is 5.02 Å². The van der Waals surface area contributed by atoms with Crippen molar-refractivity contribution < 1.29 is 9.84 Å². The maximum Gasteiger partial charge on any atom is 0.213 e. The van der Waals surface area contributed by atoms with Gasteiger partial charge in [0.2, 0.25) is 6.23 Å². The Balaban J connectivity index is 2.25. The molecule has 0 spiro atoms. The third kappa shape index (κ3) is 1.68. The van der Waals surface area contributed by atoms with E-state index in [0.29, 0.717) is 10.7 Å². The maximum absolute atomic E-state index is 8.91. The van der Waals surface area contributed by atoms with E-state index < -0.39 is 0 Å². The van der Waals surface area contributed by atoms with Gasteiger partial charge in [-0.05, 0) is 6.92 Å². The Hall–Kier alpha value is -1.20. The topological polar surface area (TPSA) is 59.3 Å². The van der Waals surface area contributed by atoms with Crippen LogP contribution in [-0.4, -0.2) is 21.5 Å². The minimum absolute atomic E-state index is 0.0784. The van der Waals surface area contributed by atoms with E-state index in [-0.39, 0.29) is 12.8 Å². The number of hydrogen-bond acceptors (Lipinski definition) is 4. The zero-order valence-electron chi connectivity index (χ0n) is 8.49. The maximum atomic E-state index is 8.91. The molecule has 82 valence electrons. The standard InChI is InChI=1S/C9H12ClN3O2/c1-5-7(10)8(13(2)12-5)9-11-6(3-14)4-15-9/h4,9,11,14H,3H2,1-2H3. The van der Waals surface area contributed by atoms with Gasteiger partial charge in [-0.1, -0.05) is 11.6 Å². The molecule has 0 bridgehead atoms. The Morgan fingerprint density at radius 3 is 2.93 bits per heavy atom. The number of hydrogen-bond donors (Lipinski definition) is 2. The first-order valence-corrected chi connectivity index (χ1v) is 4.92. The molecule has 2 rings (SSSR count). The van der Waals surface area contributed by atoms with Gasteiger partial charge in [0.1, 0.15) is 12.0 Å². The van der Waals surface area contributed by atoms with E-state index in [9.17, 15) is 0 Å². The van der Waals surface area contributed by atoms with E-state index >= 15 is 0 Å². The van der Waals surface area contributed by atoms with Gasteiger partial charge in [-0.2, -0.15) is 5.10 Å². The van der Waals surface area contributed by atoms with Crippen LogP contribution in [0.1, 0.15) is 17.6 Å². The van der Waals surface area contributed by atoms with Crippen LogP contribution in [0, 0.1) is 6.92 Å². The summed E-state index contributed by atoms with van der Waals surface area (Å²) >= 11 is 6.10. The smallest absolute Gasteiger partial charge is 0.213 e. The Morgan fingerprint density at radius 1 is 1.73 bits per heavy atom. The van der Waals surface area contributed by atoms with Crippen molar-refractivity contribution in [2.24, 2.45) is 7.05 Å². The summed E-state index contributed by atoms with van der Waals surface area (Å²) in [5.74, 6) is 0. The highest BCUT2D eigenvalue weighted by Gasteiger charge is 2.25. The minimum atomic E-state index is -0.370. The molecule has 1 aromatic heterocycles. The molecule has 1 aliphatic heterocycles. The van der Waals surface area contributed by atoms with Crippen molar-refractivity contribution in [2.45, 2.75) is 13.2 Å². The second-order valence-corrected chi connectivity index (χ2v) is 3.75. The number of aryl methyl sites for hydroxylation is 2. The molecule has 1 unspecified atom stereocenters. The highest BCUT2D eigenvalue weighted by molar-refractivity contribution is 6.31. The van der Waals surface area contributed by atoms with E-state index in [1.54, 1.807) is 11.7 Å². The van der Waals surface area contributed by atoms with Crippen LogP contribution in [0.25, 0.3) is 0 Å². The van der Waals surface area contributed by atoms with E-state index in [0.717, 1.165) is 11.4 Å². The molecule has 2 N–H and O–H groups in total. The van der Waals surface area contributed by atoms with E-state index in [4.69, 9.17) is 21.4 Å². The highest BCUT2D eigenvalue weighted by atomic mass is 35.5. The highest BCUT2D eigenvalue weighted by Crippen LogP contribution is 2.29. The van der Waals surface area contributed by atoms with Crippen molar-refractivity contribution in [3.8, 4) is 0 Å². The third-order valence-corrected chi connectivity index (χ3v) is 2.74. The number of aliphatic hydroxyl groups excluding tert-OH is 1. The second-order valence-electron chi connectivity index (χ2n) is 3.37. The van der Waals surface area contributed by atoms with Gasteiger partial charge < -0.3 is 15.2 Å². The van der Waals surface area contributed by atoms with Gasteiger partial charge in [0.15, 0.2) is 0 Å². The van der Waals surface area contributed by atoms with Crippen LogP contribution < -0.4 is 5.32 Å². The number of aromatic nitrogens is 2. The normalized spacial score (nSPS) is 19.7. The number of ether oxygens (including phenoxy) is 1. The predicted molar refractivity (Wildman–Crippen MR) is 55.1 cm³/mol. The van der Waals surface area contributed by atoms with Crippen molar-refractivity contribution in [1.82, 2.24) is 15.1 Å². The quantitative estimate of drug-likeness (QED) is 0.789. The Bertz CT molecular complexity index is 414. The molecular weight excluding hydrogens is 218 g/mol. The van der Waals surface area contributed by atoms with Crippen molar-refractivity contribution in [1.29, 1.82) is 0 Å². The predicted octanol–water partition coefficient (Wildman–Crippen LogP) is 0.834. The molecule has 15 heavy (non-hydrogen) atoms. The molecular formula is C9H12ClN3O2. The van der Waals surface area contributed by atoms with Crippen LogP contribution in [-0.2, 0) is 11.8 Å². The fourth-order valence-corrected chi connectivity index (χ4v) is 1.80. The first-order chi connectivity index (χ1) is 7.13. The van der Waals surface area contributed by atoms with Crippen LogP contribution in [0.4, 0.5) is 0 Å². The average Bonchev–Trinajstić information content (AvgIpc) is 2.74. The Kier molecular flexibility index (Phi) is 2.58. The largest absolute Gasteiger partial charge is 0.470 e. The van der Waals surface area contributed by atoms with Gasteiger partial charge in [0.05, 0.1) is 23.0 Å². The Morgan fingerprint density at radius 2 is 2.47 bits per heavy atom. The lowest BCUT2D eigenvalue weighted by molar-refractivity contribution is 0.144. The van der Waals surface area contributed by atoms with Crippen LogP contribution in [0.3, 0.4) is 0 Å². The summed E-state index contributed by atoms with van der Waals surface area (Å²) in [6.45, 7) is 1.76. The molecule has 5 nitrogen and oxygen atoms in total. The number of aliphatic hydroxyl groups is 1. The first kappa shape index (κ1) is 10.3. The number of nitrogens with one attached hydrogen (secondary N) is 1. The molecule has 0 aromatic carbocycles. The molecule has 0 aliphatic carbocycles. The van der Waals surface area contributed by atoms with Crippen LogP contribution >= 0.6 is 11.6 Å². The molecule has 1 aromatic rings. The molecule has 0 saturated carbocycles. The van der Waals surface area contributed by atoms with Gasteiger partial charge in [0, 0.05) is 7.05 Å². The summed E-state index contributed by atoms with van der Waals surface area (Å²) < 4.78 is 7.01. The summed E-state index contributed by atoms with van der Waals surface area (Å²) in [5.41, 5.74) is 2.15. The summed E-state index contributed by atoms with van der Waals surface area (Å²) in [5, 5.41) is 16.7. The third-order valence-electron chi connectivity index (χ3n) is 2.27. The lowest BCUT2D eigenvalue weighted by atomic mass is 10.3. The summed E-state index contributed by atoms with van der Waals surface area (Å²) in [6.07, 6.45) is 1.12. The van der Waals surface area contributed by atoms with Crippen LogP contribution in [0.5, 0.6) is 0 Å². The molecule has 2 heterocycles. The van der Waals surface area contributed by atoms with Gasteiger partial charge >= 0.3 is 0 Å². The summed E-state index contributed by atoms with van der Waals surface area (Å²) in [7, 11) is 1.80. The molecule has 6 heteroatoms. The number of rotatable bonds is 2. The van der Waals surface area contributed by atoms with Crippen molar-refractivity contribution in [3.05, 3.63) is 28.4 Å². The van der Waals surface area contributed by atoms with E-state index in [2.05, 4.69) is 10.4 Å². The van der Waals surface area contributed by atoms with Crippen molar-refractivity contribution >= 4 is 11.6 Å². The van der Waals surface area contributed by atoms with Crippen molar-refractivity contribution in [3.63, 3.8) is 0 Å². The molecule has 0 fully saturated rings. The number of nitrogens with zero attached hydrogens (tertiary/aromatic N) is 2.